The molecule has 45 heavy (non-hydrogen) atoms. The predicted molar refractivity (Wildman–Crippen MR) is 194 cm³/mol. The number of hydrogen-bond donors (Lipinski definition) is 9. The van der Waals surface area contributed by atoms with Gasteiger partial charge in [0, 0.05) is 59.5 Å². The molecule has 0 radical (unpaired) electrons. The Morgan fingerprint density at radius 1 is 0.178 bits per heavy atom. The summed E-state index contributed by atoms with van der Waals surface area (Å²) in [5.41, 5.74) is 0. The van der Waals surface area contributed by atoms with Gasteiger partial charge in [0.05, 0.1) is 0 Å². The molecule has 0 amide bonds. The second kappa shape index (κ2) is 114. The summed E-state index contributed by atoms with van der Waals surface area (Å²) in [6.07, 6.45) is 0. The largest absolute Gasteiger partial charge is 0.397 e. The van der Waals surface area contributed by atoms with Gasteiger partial charge in [0.25, 0.3) is 0 Å². The Labute approximate surface area is 276 Å². The summed E-state index contributed by atoms with van der Waals surface area (Å²) in [7, 11) is 0. The molecule has 0 aliphatic carbocycles. The van der Waals surface area contributed by atoms with Crippen molar-refractivity contribution in [3.63, 3.8) is 0 Å². The van der Waals surface area contributed by atoms with E-state index in [1.54, 1.807) is 62.3 Å². The fourth-order valence-electron chi connectivity index (χ4n) is 1.15. The number of aliphatic hydroxyl groups is 9. The maximum Gasteiger partial charge on any atom is 0.0402 e. The van der Waals surface area contributed by atoms with Gasteiger partial charge in [-0.05, 0) is 62.3 Å². The maximum atomic E-state index is 7.57. The predicted octanol–water partition coefficient (Wildman–Crippen LogP) is 5.05. The Kier molecular flexibility index (Phi) is 164. The summed E-state index contributed by atoms with van der Waals surface area (Å²) in [6, 6.07) is 36.0. The fourth-order valence-corrected chi connectivity index (χ4v) is 1.15. The van der Waals surface area contributed by atoms with Crippen LogP contribution in [0.4, 0.5) is 0 Å². The van der Waals surface area contributed by atoms with Gasteiger partial charge in [-0.3, -0.25) is 0 Å². The van der Waals surface area contributed by atoms with E-state index in [-0.39, 0.29) is 59.5 Å². The second-order valence-electron chi connectivity index (χ2n) is 6.31. The van der Waals surface area contributed by atoms with Gasteiger partial charge in [-0.25, -0.2) is 0 Å². The molecule has 270 valence electrons. The minimum Gasteiger partial charge on any atom is -0.397 e. The third kappa shape index (κ3) is 272. The zero-order chi connectivity index (χ0) is 37.1. The third-order valence-corrected chi connectivity index (χ3v) is 2.00. The van der Waals surface area contributed by atoms with Crippen molar-refractivity contribution in [2.75, 3.05) is 59.5 Å². The summed E-state index contributed by atoms with van der Waals surface area (Å²) in [6.45, 7) is 17.4. The van der Waals surface area contributed by atoms with Crippen molar-refractivity contribution < 1.29 is 46.0 Å². The molecule has 9 N–H and O–H groups in total. The molecule has 3 aromatic carbocycles. The van der Waals surface area contributed by atoms with E-state index in [9.17, 15) is 0 Å². The Balaban J connectivity index is -0.0000000458. The SMILES string of the molecule is CCO.CCO.CCO.CCO.CCO.CCO.CCO.CCO.CCO.c1ccccc1.c1ccccc1.c1ccccc1. The molecule has 9 heteroatoms. The average Bonchev–Trinajstić information content (AvgIpc) is 3.04. The van der Waals surface area contributed by atoms with Crippen LogP contribution < -0.4 is 0 Å². The summed E-state index contributed by atoms with van der Waals surface area (Å²) < 4.78 is 0. The first-order chi connectivity index (χ1) is 21.7. The Morgan fingerprint density at radius 3 is 0.222 bits per heavy atom. The van der Waals surface area contributed by atoms with Crippen LogP contribution in [-0.2, 0) is 0 Å². The Hall–Kier alpha value is -2.70. The van der Waals surface area contributed by atoms with Crippen molar-refractivity contribution in [3.05, 3.63) is 109 Å². The highest BCUT2D eigenvalue weighted by Gasteiger charge is 1.59. The molecule has 0 unspecified atom stereocenters. The molecule has 0 saturated carbocycles. The van der Waals surface area contributed by atoms with Gasteiger partial charge in [0.1, 0.15) is 0 Å². The molecule has 0 atom stereocenters. The first-order valence-corrected chi connectivity index (χ1v) is 15.2. The van der Waals surface area contributed by atoms with Crippen molar-refractivity contribution >= 4 is 0 Å². The Morgan fingerprint density at radius 2 is 0.200 bits per heavy atom. The molecule has 9 nitrogen and oxygen atoms in total. The van der Waals surface area contributed by atoms with Crippen molar-refractivity contribution in [3.8, 4) is 0 Å². The smallest absolute Gasteiger partial charge is 0.0402 e. The molecule has 0 aliphatic heterocycles. The minimum atomic E-state index is 0.250. The van der Waals surface area contributed by atoms with E-state index in [0.717, 1.165) is 0 Å². The van der Waals surface area contributed by atoms with E-state index in [4.69, 9.17) is 46.0 Å². The lowest BCUT2D eigenvalue weighted by Gasteiger charge is -1.69. The van der Waals surface area contributed by atoms with Crippen LogP contribution in [0.2, 0.25) is 0 Å². The number of hydrogen-bond acceptors (Lipinski definition) is 9. The summed E-state index contributed by atoms with van der Waals surface area (Å²) in [5.74, 6) is 0. The first-order valence-electron chi connectivity index (χ1n) is 15.2. The molecule has 3 aromatic rings. The number of aliphatic hydroxyl groups excluding tert-OH is 9. The molecule has 0 saturated heterocycles. The molecule has 0 aromatic heterocycles. The molecule has 0 heterocycles. The van der Waals surface area contributed by atoms with E-state index in [1.165, 1.54) is 0 Å². The third-order valence-electron chi connectivity index (χ3n) is 2.00. The lowest BCUT2D eigenvalue weighted by Crippen LogP contribution is -1.57. The van der Waals surface area contributed by atoms with Gasteiger partial charge in [0.2, 0.25) is 0 Å². The van der Waals surface area contributed by atoms with Crippen molar-refractivity contribution in [1.29, 1.82) is 0 Å². The van der Waals surface area contributed by atoms with Crippen LogP contribution in [0, 0.1) is 0 Å². The molecule has 0 aliphatic rings. The first kappa shape index (κ1) is 65.1. The van der Waals surface area contributed by atoms with Gasteiger partial charge < -0.3 is 46.0 Å². The Bertz CT molecular complexity index is 423. The molecule has 3 rings (SSSR count). The number of rotatable bonds is 0. The van der Waals surface area contributed by atoms with Crippen LogP contribution in [0.15, 0.2) is 109 Å². The molecule has 0 spiro atoms. The topological polar surface area (TPSA) is 182 Å². The summed E-state index contributed by atoms with van der Waals surface area (Å²) in [5, 5.41) is 68.1. The maximum absolute atomic E-state index is 7.57. The molecular formula is C36H72O9. The highest BCUT2D eigenvalue weighted by Crippen LogP contribution is 1.81. The molecule has 0 bridgehead atoms. The van der Waals surface area contributed by atoms with Crippen LogP contribution in [-0.4, -0.2) is 105 Å². The van der Waals surface area contributed by atoms with Gasteiger partial charge in [-0.15, -0.1) is 0 Å². The minimum absolute atomic E-state index is 0.250. The number of benzene rings is 3. The quantitative estimate of drug-likeness (QED) is 0.161. The van der Waals surface area contributed by atoms with Crippen LogP contribution in [0.3, 0.4) is 0 Å². The van der Waals surface area contributed by atoms with Crippen molar-refractivity contribution in [2.45, 2.75) is 62.3 Å². The fraction of sp³-hybridized carbons (Fsp3) is 0.500. The van der Waals surface area contributed by atoms with Gasteiger partial charge in [-0.2, -0.15) is 0 Å². The van der Waals surface area contributed by atoms with Gasteiger partial charge in [0.15, 0.2) is 0 Å². The van der Waals surface area contributed by atoms with Crippen molar-refractivity contribution in [2.24, 2.45) is 0 Å². The van der Waals surface area contributed by atoms with E-state index in [2.05, 4.69) is 0 Å². The standard InChI is InChI=1S/3C6H6.9C2H6O/c3*1-2-4-6-5-3-1;9*1-2-3/h3*1-6H;9*3H,2H2,1H3. The van der Waals surface area contributed by atoms with Crippen LogP contribution in [0.5, 0.6) is 0 Å². The van der Waals surface area contributed by atoms with E-state index in [1.807, 2.05) is 109 Å². The monoisotopic (exact) mass is 649 g/mol. The summed E-state index contributed by atoms with van der Waals surface area (Å²) in [4.78, 5) is 0. The van der Waals surface area contributed by atoms with E-state index >= 15 is 0 Å². The van der Waals surface area contributed by atoms with E-state index < -0.39 is 0 Å². The summed E-state index contributed by atoms with van der Waals surface area (Å²) >= 11 is 0. The van der Waals surface area contributed by atoms with Crippen molar-refractivity contribution in [1.82, 2.24) is 0 Å². The van der Waals surface area contributed by atoms with Gasteiger partial charge >= 0.3 is 0 Å². The highest BCUT2D eigenvalue weighted by atomic mass is 16.3. The normalized spacial score (nSPS) is 6.80. The van der Waals surface area contributed by atoms with Crippen LogP contribution in [0.1, 0.15) is 62.3 Å². The average molecular weight is 649 g/mol. The molecular weight excluding hydrogens is 576 g/mol. The zero-order valence-electron chi connectivity index (χ0n) is 29.8. The van der Waals surface area contributed by atoms with E-state index in [0.29, 0.717) is 0 Å². The lowest BCUT2D eigenvalue weighted by atomic mass is 10.4. The van der Waals surface area contributed by atoms with Crippen LogP contribution >= 0.6 is 0 Å². The van der Waals surface area contributed by atoms with Crippen LogP contribution in [0.25, 0.3) is 0 Å². The van der Waals surface area contributed by atoms with Gasteiger partial charge in [-0.1, -0.05) is 109 Å². The molecule has 0 fully saturated rings. The zero-order valence-corrected chi connectivity index (χ0v) is 29.8. The second-order valence-corrected chi connectivity index (χ2v) is 6.31. The highest BCUT2D eigenvalue weighted by molar-refractivity contribution is 5.00. The lowest BCUT2D eigenvalue weighted by molar-refractivity contribution is 0.318.